The molecule has 0 aliphatic heterocycles. The van der Waals surface area contributed by atoms with Gasteiger partial charge >= 0.3 is 0 Å². The Morgan fingerprint density at radius 3 is 2.31 bits per heavy atom. The lowest BCUT2D eigenvalue weighted by Gasteiger charge is -2.16. The first-order chi connectivity index (χ1) is 6.02. The first-order valence-corrected chi connectivity index (χ1v) is 4.11. The molecule has 0 spiro atoms. The standard InChI is InChI=1S/C8H16N2O3/c1-5(9-3)8(13)10-7(4-11)6(2)12/h5,7,9,11H,4H2,1-3H3,(H,10,13)/t5-,7+/m1/s1. The molecule has 0 aliphatic rings. The molecule has 0 unspecified atom stereocenters. The largest absolute Gasteiger partial charge is 0.394 e. The van der Waals surface area contributed by atoms with Crippen molar-refractivity contribution in [3.8, 4) is 0 Å². The Balaban J connectivity index is 4.09. The summed E-state index contributed by atoms with van der Waals surface area (Å²) < 4.78 is 0. The molecule has 0 aromatic heterocycles. The van der Waals surface area contributed by atoms with Crippen molar-refractivity contribution in [1.82, 2.24) is 10.6 Å². The Kier molecular flexibility index (Phi) is 5.25. The van der Waals surface area contributed by atoms with Crippen LogP contribution < -0.4 is 10.6 Å². The first-order valence-electron chi connectivity index (χ1n) is 4.11. The van der Waals surface area contributed by atoms with Crippen molar-refractivity contribution in [3.63, 3.8) is 0 Å². The molecule has 76 valence electrons. The highest BCUT2D eigenvalue weighted by Crippen LogP contribution is 1.87. The van der Waals surface area contributed by atoms with E-state index in [9.17, 15) is 9.59 Å². The molecule has 0 aliphatic carbocycles. The molecule has 13 heavy (non-hydrogen) atoms. The third-order valence-electron chi connectivity index (χ3n) is 1.82. The lowest BCUT2D eigenvalue weighted by atomic mass is 10.2. The lowest BCUT2D eigenvalue weighted by Crippen LogP contribution is -2.49. The van der Waals surface area contributed by atoms with Gasteiger partial charge in [0.1, 0.15) is 6.04 Å². The number of likely N-dealkylation sites (N-methyl/N-ethyl adjacent to an activating group) is 1. The Morgan fingerprint density at radius 1 is 1.46 bits per heavy atom. The second-order valence-corrected chi connectivity index (χ2v) is 2.86. The van der Waals surface area contributed by atoms with E-state index in [0.717, 1.165) is 0 Å². The summed E-state index contributed by atoms with van der Waals surface area (Å²) in [5.41, 5.74) is 0. The number of carbonyl (C=O) groups is 2. The quantitative estimate of drug-likeness (QED) is 0.499. The lowest BCUT2D eigenvalue weighted by molar-refractivity contribution is -0.128. The minimum atomic E-state index is -0.789. The number of aliphatic hydroxyl groups excluding tert-OH is 1. The molecular formula is C8H16N2O3. The molecule has 0 aromatic carbocycles. The van der Waals surface area contributed by atoms with E-state index in [1.165, 1.54) is 6.92 Å². The van der Waals surface area contributed by atoms with Gasteiger partial charge in [0, 0.05) is 0 Å². The van der Waals surface area contributed by atoms with E-state index in [4.69, 9.17) is 5.11 Å². The van der Waals surface area contributed by atoms with Crippen molar-refractivity contribution in [2.75, 3.05) is 13.7 Å². The smallest absolute Gasteiger partial charge is 0.237 e. The van der Waals surface area contributed by atoms with E-state index in [-0.39, 0.29) is 24.3 Å². The minimum Gasteiger partial charge on any atom is -0.394 e. The van der Waals surface area contributed by atoms with Crippen LogP contribution in [0.1, 0.15) is 13.8 Å². The maximum Gasteiger partial charge on any atom is 0.237 e. The average Bonchev–Trinajstić information content (AvgIpc) is 2.11. The van der Waals surface area contributed by atoms with E-state index >= 15 is 0 Å². The van der Waals surface area contributed by atoms with Crippen LogP contribution in [0.15, 0.2) is 0 Å². The summed E-state index contributed by atoms with van der Waals surface area (Å²) in [6.45, 7) is 2.63. The van der Waals surface area contributed by atoms with Crippen molar-refractivity contribution in [3.05, 3.63) is 0 Å². The van der Waals surface area contributed by atoms with E-state index in [1.54, 1.807) is 14.0 Å². The fourth-order valence-electron chi connectivity index (χ4n) is 0.704. The molecule has 0 saturated carbocycles. The number of nitrogens with one attached hydrogen (secondary N) is 2. The van der Waals surface area contributed by atoms with Crippen LogP contribution in [0.25, 0.3) is 0 Å². The van der Waals surface area contributed by atoms with Crippen LogP contribution in [0.3, 0.4) is 0 Å². The molecule has 2 atom stereocenters. The highest BCUT2D eigenvalue weighted by atomic mass is 16.3. The van der Waals surface area contributed by atoms with Crippen molar-refractivity contribution in [2.24, 2.45) is 0 Å². The maximum atomic E-state index is 11.2. The molecule has 3 N–H and O–H groups in total. The second kappa shape index (κ2) is 5.66. The molecule has 0 saturated heterocycles. The van der Waals surface area contributed by atoms with Gasteiger partial charge in [0.2, 0.25) is 5.91 Å². The predicted molar refractivity (Wildman–Crippen MR) is 48.2 cm³/mol. The molecule has 0 radical (unpaired) electrons. The van der Waals surface area contributed by atoms with Gasteiger partial charge in [-0.3, -0.25) is 9.59 Å². The van der Waals surface area contributed by atoms with Crippen molar-refractivity contribution >= 4 is 11.7 Å². The molecule has 0 heterocycles. The average molecular weight is 188 g/mol. The zero-order chi connectivity index (χ0) is 10.4. The van der Waals surface area contributed by atoms with Crippen LogP contribution >= 0.6 is 0 Å². The maximum absolute atomic E-state index is 11.2. The summed E-state index contributed by atoms with van der Waals surface area (Å²) >= 11 is 0. The molecule has 0 rings (SSSR count). The Labute approximate surface area is 77.5 Å². The van der Waals surface area contributed by atoms with Gasteiger partial charge in [0.25, 0.3) is 0 Å². The highest BCUT2D eigenvalue weighted by molar-refractivity contribution is 5.89. The van der Waals surface area contributed by atoms with Gasteiger partial charge in [-0.15, -0.1) is 0 Å². The van der Waals surface area contributed by atoms with Gasteiger partial charge in [0.05, 0.1) is 12.6 Å². The number of ketones is 1. The molecule has 0 aromatic rings. The van der Waals surface area contributed by atoms with Crippen LogP contribution in [0.4, 0.5) is 0 Å². The van der Waals surface area contributed by atoms with E-state index in [2.05, 4.69) is 10.6 Å². The highest BCUT2D eigenvalue weighted by Gasteiger charge is 2.18. The number of aliphatic hydroxyl groups is 1. The molecule has 1 amide bonds. The summed E-state index contributed by atoms with van der Waals surface area (Å²) in [6, 6.07) is -1.16. The van der Waals surface area contributed by atoms with Gasteiger partial charge in [-0.25, -0.2) is 0 Å². The van der Waals surface area contributed by atoms with Crippen LogP contribution in [0.2, 0.25) is 0 Å². The van der Waals surface area contributed by atoms with E-state index in [1.807, 2.05) is 0 Å². The fourth-order valence-corrected chi connectivity index (χ4v) is 0.704. The van der Waals surface area contributed by atoms with Gasteiger partial charge in [0.15, 0.2) is 5.78 Å². The zero-order valence-electron chi connectivity index (χ0n) is 8.13. The molecule has 0 bridgehead atoms. The molecule has 5 nitrogen and oxygen atoms in total. The van der Waals surface area contributed by atoms with Crippen LogP contribution in [-0.4, -0.2) is 42.5 Å². The number of Topliss-reactive ketones (excluding diaryl/α,β-unsaturated/α-hetero) is 1. The van der Waals surface area contributed by atoms with Gasteiger partial charge in [-0.1, -0.05) is 0 Å². The first kappa shape index (κ1) is 12.1. The van der Waals surface area contributed by atoms with E-state index < -0.39 is 6.04 Å². The Bertz CT molecular complexity index is 194. The third kappa shape index (κ3) is 4.00. The van der Waals surface area contributed by atoms with Crippen LogP contribution in [-0.2, 0) is 9.59 Å². The number of hydrogen-bond acceptors (Lipinski definition) is 4. The Hall–Kier alpha value is -0.940. The van der Waals surface area contributed by atoms with Crippen LogP contribution in [0.5, 0.6) is 0 Å². The Morgan fingerprint density at radius 2 is 2.00 bits per heavy atom. The second-order valence-electron chi connectivity index (χ2n) is 2.86. The van der Waals surface area contributed by atoms with Crippen molar-refractivity contribution in [2.45, 2.75) is 25.9 Å². The minimum absolute atomic E-state index is 0.251. The van der Waals surface area contributed by atoms with Crippen LogP contribution in [0, 0.1) is 0 Å². The summed E-state index contributed by atoms with van der Waals surface area (Å²) in [5.74, 6) is -0.545. The van der Waals surface area contributed by atoms with Crippen molar-refractivity contribution < 1.29 is 14.7 Å². The monoisotopic (exact) mass is 188 g/mol. The predicted octanol–water partition coefficient (Wildman–Crippen LogP) is -1.34. The molecule has 5 heteroatoms. The zero-order valence-corrected chi connectivity index (χ0v) is 8.13. The SMILES string of the molecule is CN[C@H](C)C(=O)N[C@@H](CO)C(C)=O. The summed E-state index contributed by atoms with van der Waals surface area (Å²) in [6.07, 6.45) is 0. The third-order valence-corrected chi connectivity index (χ3v) is 1.82. The van der Waals surface area contributed by atoms with E-state index in [0.29, 0.717) is 0 Å². The number of amides is 1. The fraction of sp³-hybridized carbons (Fsp3) is 0.750. The number of hydrogen-bond donors (Lipinski definition) is 3. The number of carbonyl (C=O) groups excluding carboxylic acids is 2. The normalized spacial score (nSPS) is 14.8. The van der Waals surface area contributed by atoms with Gasteiger partial charge < -0.3 is 15.7 Å². The molecular weight excluding hydrogens is 172 g/mol. The summed E-state index contributed by atoms with van der Waals surface area (Å²) in [7, 11) is 1.64. The number of rotatable bonds is 5. The summed E-state index contributed by atoms with van der Waals surface area (Å²) in [4.78, 5) is 22.0. The van der Waals surface area contributed by atoms with Gasteiger partial charge in [-0.2, -0.15) is 0 Å². The van der Waals surface area contributed by atoms with Gasteiger partial charge in [-0.05, 0) is 20.9 Å². The topological polar surface area (TPSA) is 78.4 Å². The molecule has 0 fully saturated rings. The summed E-state index contributed by atoms with van der Waals surface area (Å²) in [5, 5.41) is 13.9. The van der Waals surface area contributed by atoms with Crippen molar-refractivity contribution in [1.29, 1.82) is 0 Å².